The van der Waals surface area contributed by atoms with E-state index in [1.165, 1.54) is 36.2 Å². The summed E-state index contributed by atoms with van der Waals surface area (Å²) in [5, 5.41) is 3.23. The Labute approximate surface area is 102 Å². The zero-order chi connectivity index (χ0) is 11.8. The summed E-state index contributed by atoms with van der Waals surface area (Å²) in [5.74, 6) is 1.95. The van der Waals surface area contributed by atoms with Crippen LogP contribution >= 0.6 is 0 Å². The van der Waals surface area contributed by atoms with Crippen molar-refractivity contribution in [2.24, 2.45) is 0 Å². The van der Waals surface area contributed by atoms with Crippen LogP contribution in [-0.4, -0.2) is 16.4 Å². The third kappa shape index (κ3) is 1.65. The van der Waals surface area contributed by atoms with E-state index in [-0.39, 0.29) is 0 Å². The summed E-state index contributed by atoms with van der Waals surface area (Å²) in [6.07, 6.45) is 6.11. The van der Waals surface area contributed by atoms with Gasteiger partial charge in [-0.15, -0.1) is 0 Å². The summed E-state index contributed by atoms with van der Waals surface area (Å²) in [5.41, 5.74) is 3.80. The van der Waals surface area contributed by atoms with Crippen LogP contribution in [0.25, 0.3) is 5.52 Å². The second-order valence-corrected chi connectivity index (χ2v) is 4.97. The van der Waals surface area contributed by atoms with E-state index in [2.05, 4.69) is 35.0 Å². The van der Waals surface area contributed by atoms with Gasteiger partial charge in [-0.1, -0.05) is 12.5 Å². The van der Waals surface area contributed by atoms with Crippen molar-refractivity contribution in [3.8, 4) is 0 Å². The molecule has 2 aromatic rings. The number of nitrogens with zero attached hydrogens (tertiary/aromatic N) is 2. The van der Waals surface area contributed by atoms with Gasteiger partial charge in [-0.3, -0.25) is 0 Å². The number of hydrogen-bond acceptors (Lipinski definition) is 2. The van der Waals surface area contributed by atoms with Gasteiger partial charge in [0.25, 0.3) is 0 Å². The van der Waals surface area contributed by atoms with Gasteiger partial charge < -0.3 is 9.72 Å². The molecule has 0 spiro atoms. The Balaban J connectivity index is 2.16. The standard InChI is InChI=1S/C14H19N3/c1-10-13-12(9-15-2)7-4-8-17(13)14(16-10)11-5-3-6-11/h4,7-8,11,15H,3,5-6,9H2,1-2H3. The van der Waals surface area contributed by atoms with Gasteiger partial charge in [-0.25, -0.2) is 4.98 Å². The van der Waals surface area contributed by atoms with Gasteiger partial charge >= 0.3 is 0 Å². The third-order valence-corrected chi connectivity index (χ3v) is 3.79. The molecule has 17 heavy (non-hydrogen) atoms. The molecule has 2 heterocycles. The van der Waals surface area contributed by atoms with Crippen LogP contribution in [0.3, 0.4) is 0 Å². The Morgan fingerprint density at radius 2 is 2.29 bits per heavy atom. The summed E-state index contributed by atoms with van der Waals surface area (Å²) in [4.78, 5) is 4.79. The molecule has 3 rings (SSSR count). The van der Waals surface area contributed by atoms with Crippen molar-refractivity contribution in [2.45, 2.75) is 38.6 Å². The SMILES string of the molecule is CNCc1cccn2c(C3CCC3)nc(C)c12. The molecule has 0 radical (unpaired) electrons. The predicted molar refractivity (Wildman–Crippen MR) is 69.3 cm³/mol. The summed E-state index contributed by atoms with van der Waals surface area (Å²) < 4.78 is 2.30. The summed E-state index contributed by atoms with van der Waals surface area (Å²) in [7, 11) is 1.99. The molecule has 90 valence electrons. The summed E-state index contributed by atoms with van der Waals surface area (Å²) in [6.45, 7) is 3.03. The van der Waals surface area contributed by atoms with Gasteiger partial charge in [-0.05, 0) is 38.4 Å². The van der Waals surface area contributed by atoms with Gasteiger partial charge in [0.2, 0.25) is 0 Å². The Morgan fingerprint density at radius 1 is 1.47 bits per heavy atom. The fraction of sp³-hybridized carbons (Fsp3) is 0.500. The molecule has 1 aliphatic carbocycles. The smallest absolute Gasteiger partial charge is 0.116 e. The van der Waals surface area contributed by atoms with E-state index < -0.39 is 0 Å². The number of hydrogen-bond donors (Lipinski definition) is 1. The highest BCUT2D eigenvalue weighted by atomic mass is 15.0. The molecule has 0 aliphatic heterocycles. The minimum Gasteiger partial charge on any atom is -0.316 e. The molecule has 3 nitrogen and oxygen atoms in total. The van der Waals surface area contributed by atoms with Gasteiger partial charge in [-0.2, -0.15) is 0 Å². The van der Waals surface area contributed by atoms with E-state index >= 15 is 0 Å². The lowest BCUT2D eigenvalue weighted by molar-refractivity contribution is 0.400. The quantitative estimate of drug-likeness (QED) is 0.876. The minimum atomic E-state index is 0.682. The highest BCUT2D eigenvalue weighted by Crippen LogP contribution is 2.36. The van der Waals surface area contributed by atoms with Gasteiger partial charge in [0, 0.05) is 18.7 Å². The molecule has 0 aromatic carbocycles. The second-order valence-electron chi connectivity index (χ2n) is 4.97. The summed E-state index contributed by atoms with van der Waals surface area (Å²) >= 11 is 0. The molecule has 0 amide bonds. The molecule has 1 N–H and O–H groups in total. The molecule has 0 saturated heterocycles. The molecule has 0 atom stereocenters. The number of pyridine rings is 1. The van der Waals surface area contributed by atoms with E-state index in [9.17, 15) is 0 Å². The lowest BCUT2D eigenvalue weighted by Crippen LogP contribution is -2.13. The van der Waals surface area contributed by atoms with Crippen LogP contribution < -0.4 is 5.32 Å². The first kappa shape index (κ1) is 10.8. The molecule has 0 unspecified atom stereocenters. The maximum Gasteiger partial charge on any atom is 0.116 e. The lowest BCUT2D eigenvalue weighted by Gasteiger charge is -2.24. The number of rotatable bonds is 3. The van der Waals surface area contributed by atoms with E-state index in [4.69, 9.17) is 4.98 Å². The minimum absolute atomic E-state index is 0.682. The molecule has 1 aliphatic rings. The van der Waals surface area contributed by atoms with E-state index in [0.717, 1.165) is 12.2 Å². The Kier molecular flexibility index (Phi) is 2.63. The predicted octanol–water partition coefficient (Wildman–Crippen LogP) is 2.63. The molecular formula is C14H19N3. The van der Waals surface area contributed by atoms with Crippen LogP contribution in [0.2, 0.25) is 0 Å². The highest BCUT2D eigenvalue weighted by Gasteiger charge is 2.25. The van der Waals surface area contributed by atoms with Crippen molar-refractivity contribution in [3.05, 3.63) is 35.4 Å². The third-order valence-electron chi connectivity index (χ3n) is 3.79. The van der Waals surface area contributed by atoms with E-state index in [1.807, 2.05) is 7.05 Å². The number of aryl methyl sites for hydroxylation is 1. The van der Waals surface area contributed by atoms with E-state index in [1.54, 1.807) is 0 Å². The van der Waals surface area contributed by atoms with Crippen molar-refractivity contribution in [2.75, 3.05) is 7.05 Å². The van der Waals surface area contributed by atoms with Crippen molar-refractivity contribution in [1.29, 1.82) is 0 Å². The number of imidazole rings is 1. The number of nitrogens with one attached hydrogen (secondary N) is 1. The highest BCUT2D eigenvalue weighted by molar-refractivity contribution is 5.60. The lowest BCUT2D eigenvalue weighted by atomic mass is 9.85. The Hall–Kier alpha value is -1.35. The fourth-order valence-electron chi connectivity index (χ4n) is 2.72. The molecule has 1 saturated carbocycles. The summed E-state index contributed by atoms with van der Waals surface area (Å²) in [6, 6.07) is 4.31. The largest absolute Gasteiger partial charge is 0.316 e. The average Bonchev–Trinajstić information content (AvgIpc) is 2.56. The first-order valence-corrected chi connectivity index (χ1v) is 6.42. The zero-order valence-electron chi connectivity index (χ0n) is 10.5. The normalized spacial score (nSPS) is 16.4. The number of fused-ring (bicyclic) bond motifs is 1. The Morgan fingerprint density at radius 3 is 2.94 bits per heavy atom. The van der Waals surface area contributed by atoms with E-state index in [0.29, 0.717) is 5.92 Å². The molecule has 2 aromatic heterocycles. The fourth-order valence-corrected chi connectivity index (χ4v) is 2.72. The molecule has 3 heteroatoms. The molecular weight excluding hydrogens is 210 g/mol. The first-order valence-electron chi connectivity index (χ1n) is 6.42. The molecule has 0 bridgehead atoms. The number of aromatic nitrogens is 2. The van der Waals surface area contributed by atoms with Crippen LogP contribution in [0.4, 0.5) is 0 Å². The zero-order valence-corrected chi connectivity index (χ0v) is 10.5. The second kappa shape index (κ2) is 4.15. The van der Waals surface area contributed by atoms with Crippen LogP contribution in [0.1, 0.15) is 42.3 Å². The van der Waals surface area contributed by atoms with Gasteiger partial charge in [0.15, 0.2) is 0 Å². The van der Waals surface area contributed by atoms with Crippen molar-refractivity contribution in [3.63, 3.8) is 0 Å². The van der Waals surface area contributed by atoms with Crippen molar-refractivity contribution >= 4 is 5.52 Å². The maximum atomic E-state index is 4.79. The monoisotopic (exact) mass is 229 g/mol. The van der Waals surface area contributed by atoms with Crippen LogP contribution in [0.15, 0.2) is 18.3 Å². The topological polar surface area (TPSA) is 29.3 Å². The van der Waals surface area contributed by atoms with Crippen molar-refractivity contribution in [1.82, 2.24) is 14.7 Å². The average molecular weight is 229 g/mol. The maximum absolute atomic E-state index is 4.79. The van der Waals surface area contributed by atoms with Crippen LogP contribution in [0, 0.1) is 6.92 Å². The van der Waals surface area contributed by atoms with Gasteiger partial charge in [0.05, 0.1) is 11.2 Å². The first-order chi connectivity index (χ1) is 8.31. The van der Waals surface area contributed by atoms with Gasteiger partial charge in [0.1, 0.15) is 5.82 Å². The van der Waals surface area contributed by atoms with Crippen molar-refractivity contribution < 1.29 is 0 Å². The Bertz CT molecular complexity index is 538. The molecule has 1 fully saturated rings. The van der Waals surface area contributed by atoms with Crippen LogP contribution in [0.5, 0.6) is 0 Å². The van der Waals surface area contributed by atoms with Crippen LogP contribution in [-0.2, 0) is 6.54 Å².